The fraction of sp³-hybridized carbons (Fsp3) is 0.647. The average Bonchev–Trinajstić information content (AvgIpc) is 2.98. The molecule has 2 aliphatic heterocycles. The number of benzene rings is 1. The van der Waals surface area contributed by atoms with Crippen molar-refractivity contribution >= 4 is 5.69 Å². The molecule has 0 aromatic heterocycles. The number of nitrogens with one attached hydrogen (secondary N) is 1. The zero-order valence-corrected chi connectivity index (χ0v) is 12.7. The van der Waals surface area contributed by atoms with Crippen molar-refractivity contribution in [3.05, 3.63) is 18.2 Å². The monoisotopic (exact) mass is 288 g/mol. The number of piperazine rings is 1. The molecule has 1 unspecified atom stereocenters. The van der Waals surface area contributed by atoms with Crippen molar-refractivity contribution in [2.75, 3.05) is 31.2 Å². The zero-order chi connectivity index (χ0) is 14.3. The Labute approximate surface area is 126 Å². The van der Waals surface area contributed by atoms with Crippen LogP contribution in [0.3, 0.4) is 0 Å². The summed E-state index contributed by atoms with van der Waals surface area (Å²) in [6.07, 6.45) is 5.33. The molecule has 1 saturated heterocycles. The molecule has 0 radical (unpaired) electrons. The third-order valence-corrected chi connectivity index (χ3v) is 5.20. The van der Waals surface area contributed by atoms with Crippen LogP contribution in [0.1, 0.15) is 32.6 Å². The highest BCUT2D eigenvalue weighted by molar-refractivity contribution is 5.58. The van der Waals surface area contributed by atoms with Crippen molar-refractivity contribution in [2.24, 2.45) is 0 Å². The van der Waals surface area contributed by atoms with Gasteiger partial charge in [-0.1, -0.05) is 12.8 Å². The Bertz CT molecular complexity index is 526. The number of rotatable bonds is 1. The van der Waals surface area contributed by atoms with E-state index in [-0.39, 0.29) is 0 Å². The molecule has 3 aliphatic rings. The first-order valence-electron chi connectivity index (χ1n) is 8.17. The van der Waals surface area contributed by atoms with Crippen molar-refractivity contribution in [1.29, 1.82) is 0 Å². The Morgan fingerprint density at radius 2 is 1.90 bits per heavy atom. The summed E-state index contributed by atoms with van der Waals surface area (Å²) in [6.45, 7) is 5.77. The molecule has 21 heavy (non-hydrogen) atoms. The number of hydrogen-bond donors (Lipinski definition) is 1. The van der Waals surface area contributed by atoms with E-state index in [0.717, 1.165) is 24.6 Å². The molecular weight excluding hydrogens is 264 g/mol. The van der Waals surface area contributed by atoms with E-state index < -0.39 is 0 Å². The first-order valence-corrected chi connectivity index (χ1v) is 8.17. The van der Waals surface area contributed by atoms with Gasteiger partial charge in [-0.05, 0) is 31.9 Å². The fourth-order valence-corrected chi connectivity index (χ4v) is 3.96. The van der Waals surface area contributed by atoms with Gasteiger partial charge in [0.2, 0.25) is 0 Å². The molecule has 1 N–H and O–H groups in total. The SMILES string of the molecule is CC1CNC2(CCCC2)CN1c1ccc2c(c1)OCCO2. The van der Waals surface area contributed by atoms with Gasteiger partial charge in [-0.3, -0.25) is 0 Å². The van der Waals surface area contributed by atoms with Crippen LogP contribution in [0, 0.1) is 0 Å². The van der Waals surface area contributed by atoms with Gasteiger partial charge in [-0.25, -0.2) is 0 Å². The minimum absolute atomic E-state index is 0.333. The Balaban J connectivity index is 1.61. The lowest BCUT2D eigenvalue weighted by Gasteiger charge is -2.46. The molecule has 1 aromatic carbocycles. The summed E-state index contributed by atoms with van der Waals surface area (Å²) < 4.78 is 11.4. The van der Waals surface area contributed by atoms with Gasteiger partial charge in [0, 0.05) is 36.4 Å². The van der Waals surface area contributed by atoms with E-state index in [1.54, 1.807) is 0 Å². The van der Waals surface area contributed by atoms with E-state index in [9.17, 15) is 0 Å². The predicted molar refractivity (Wildman–Crippen MR) is 83.4 cm³/mol. The molecule has 1 aromatic rings. The van der Waals surface area contributed by atoms with Crippen LogP contribution < -0.4 is 19.7 Å². The predicted octanol–water partition coefficient (Wildman–Crippen LogP) is 2.57. The van der Waals surface area contributed by atoms with E-state index in [0.29, 0.717) is 24.8 Å². The zero-order valence-electron chi connectivity index (χ0n) is 12.7. The largest absolute Gasteiger partial charge is 0.486 e. The quantitative estimate of drug-likeness (QED) is 0.861. The molecule has 1 atom stereocenters. The first-order chi connectivity index (χ1) is 10.3. The molecule has 1 saturated carbocycles. The molecular formula is C17H24N2O2. The van der Waals surface area contributed by atoms with Crippen molar-refractivity contribution in [3.8, 4) is 11.5 Å². The van der Waals surface area contributed by atoms with Gasteiger partial charge >= 0.3 is 0 Å². The minimum atomic E-state index is 0.333. The lowest BCUT2D eigenvalue weighted by Crippen LogP contribution is -2.62. The van der Waals surface area contributed by atoms with Crippen LogP contribution in [0.5, 0.6) is 11.5 Å². The van der Waals surface area contributed by atoms with Crippen molar-refractivity contribution in [2.45, 2.75) is 44.2 Å². The number of nitrogens with zero attached hydrogens (tertiary/aromatic N) is 1. The number of hydrogen-bond acceptors (Lipinski definition) is 4. The highest BCUT2D eigenvalue weighted by atomic mass is 16.6. The highest BCUT2D eigenvalue weighted by Crippen LogP contribution is 2.38. The lowest BCUT2D eigenvalue weighted by atomic mass is 9.92. The van der Waals surface area contributed by atoms with Crippen LogP contribution >= 0.6 is 0 Å². The van der Waals surface area contributed by atoms with Gasteiger partial charge in [0.1, 0.15) is 13.2 Å². The molecule has 1 spiro atoms. The topological polar surface area (TPSA) is 33.7 Å². The summed E-state index contributed by atoms with van der Waals surface area (Å²) >= 11 is 0. The molecule has 114 valence electrons. The molecule has 0 amide bonds. The Morgan fingerprint density at radius 1 is 1.14 bits per heavy atom. The lowest BCUT2D eigenvalue weighted by molar-refractivity contribution is 0.171. The highest BCUT2D eigenvalue weighted by Gasteiger charge is 2.40. The first kappa shape index (κ1) is 13.3. The van der Waals surface area contributed by atoms with E-state index >= 15 is 0 Å². The molecule has 2 fully saturated rings. The molecule has 4 heteroatoms. The third-order valence-electron chi connectivity index (χ3n) is 5.20. The molecule has 0 bridgehead atoms. The van der Waals surface area contributed by atoms with Crippen LogP contribution in [0.2, 0.25) is 0 Å². The van der Waals surface area contributed by atoms with Crippen LogP contribution in [0.15, 0.2) is 18.2 Å². The van der Waals surface area contributed by atoms with Gasteiger partial charge in [-0.2, -0.15) is 0 Å². The van der Waals surface area contributed by atoms with E-state index in [1.165, 1.54) is 31.4 Å². The maximum Gasteiger partial charge on any atom is 0.163 e. The van der Waals surface area contributed by atoms with Gasteiger partial charge in [0.25, 0.3) is 0 Å². The Kier molecular flexibility index (Phi) is 3.21. The molecule has 4 nitrogen and oxygen atoms in total. The van der Waals surface area contributed by atoms with Gasteiger partial charge < -0.3 is 19.7 Å². The van der Waals surface area contributed by atoms with Crippen LogP contribution in [-0.2, 0) is 0 Å². The van der Waals surface area contributed by atoms with Gasteiger partial charge in [0.15, 0.2) is 11.5 Å². The summed E-state index contributed by atoms with van der Waals surface area (Å²) in [7, 11) is 0. The fourth-order valence-electron chi connectivity index (χ4n) is 3.96. The average molecular weight is 288 g/mol. The van der Waals surface area contributed by atoms with Crippen molar-refractivity contribution in [3.63, 3.8) is 0 Å². The summed E-state index contributed by atoms with van der Waals surface area (Å²) in [5.41, 5.74) is 1.60. The maximum absolute atomic E-state index is 5.74. The second kappa shape index (κ2) is 5.09. The summed E-state index contributed by atoms with van der Waals surface area (Å²) in [5, 5.41) is 3.81. The van der Waals surface area contributed by atoms with Gasteiger partial charge in [-0.15, -0.1) is 0 Å². The number of anilines is 1. The van der Waals surface area contributed by atoms with Crippen LogP contribution in [0.25, 0.3) is 0 Å². The summed E-state index contributed by atoms with van der Waals surface area (Å²) in [6, 6.07) is 6.90. The number of fused-ring (bicyclic) bond motifs is 1. The number of ether oxygens (including phenoxy) is 2. The molecule has 4 rings (SSSR count). The van der Waals surface area contributed by atoms with E-state index in [1.807, 2.05) is 0 Å². The third kappa shape index (κ3) is 2.35. The normalized spacial score (nSPS) is 27.1. The standard InChI is InChI=1S/C17H24N2O2/c1-13-11-18-17(6-2-3-7-17)12-19(13)14-4-5-15-16(10-14)21-9-8-20-15/h4-5,10,13,18H,2-3,6-9,11-12H2,1H3. The minimum Gasteiger partial charge on any atom is -0.486 e. The molecule has 2 heterocycles. The molecule has 1 aliphatic carbocycles. The van der Waals surface area contributed by atoms with Crippen molar-refractivity contribution in [1.82, 2.24) is 5.32 Å². The van der Waals surface area contributed by atoms with Crippen LogP contribution in [0.4, 0.5) is 5.69 Å². The Morgan fingerprint density at radius 3 is 2.71 bits per heavy atom. The summed E-state index contributed by atoms with van der Waals surface area (Å²) in [5.74, 6) is 1.77. The van der Waals surface area contributed by atoms with Gasteiger partial charge in [0.05, 0.1) is 0 Å². The van der Waals surface area contributed by atoms with E-state index in [4.69, 9.17) is 9.47 Å². The summed E-state index contributed by atoms with van der Waals surface area (Å²) in [4.78, 5) is 2.54. The van der Waals surface area contributed by atoms with Crippen molar-refractivity contribution < 1.29 is 9.47 Å². The second-order valence-corrected chi connectivity index (χ2v) is 6.67. The van der Waals surface area contributed by atoms with Crippen LogP contribution in [-0.4, -0.2) is 37.9 Å². The Hall–Kier alpha value is -1.42. The second-order valence-electron chi connectivity index (χ2n) is 6.67. The maximum atomic E-state index is 5.74. The van der Waals surface area contributed by atoms with E-state index in [2.05, 4.69) is 35.3 Å². The smallest absolute Gasteiger partial charge is 0.163 e.